The molecule has 7 rings (SSSR count). The van der Waals surface area contributed by atoms with Gasteiger partial charge in [-0.25, -0.2) is 19.9 Å². The highest BCUT2D eigenvalue weighted by Gasteiger charge is 2.41. The SMILES string of the molecule is CC(O)c1cc2cnc(Nc3ccc4c(n3)CCN(C(=O)[C@H]3CCN3CCO)C4)nc2c(N2C3CCC2CC3)n1. The van der Waals surface area contributed by atoms with Crippen LogP contribution in [-0.2, 0) is 17.8 Å². The molecule has 4 aliphatic rings. The lowest BCUT2D eigenvalue weighted by Crippen LogP contribution is -2.58. The number of nitrogens with zero attached hydrogens (tertiary/aromatic N) is 7. The zero-order valence-corrected chi connectivity index (χ0v) is 22.8. The van der Waals surface area contributed by atoms with Gasteiger partial charge in [0.15, 0.2) is 5.82 Å². The largest absolute Gasteiger partial charge is 0.395 e. The molecule has 7 heterocycles. The first kappa shape index (κ1) is 25.6. The van der Waals surface area contributed by atoms with Crippen LogP contribution < -0.4 is 10.2 Å². The fourth-order valence-electron chi connectivity index (χ4n) is 6.87. The number of aliphatic hydroxyl groups is 2. The van der Waals surface area contributed by atoms with Gasteiger partial charge >= 0.3 is 0 Å². The van der Waals surface area contributed by atoms with Crippen molar-refractivity contribution in [1.82, 2.24) is 29.7 Å². The molecule has 0 spiro atoms. The van der Waals surface area contributed by atoms with Crippen molar-refractivity contribution in [2.75, 3.05) is 36.5 Å². The minimum absolute atomic E-state index is 0.0766. The minimum atomic E-state index is -0.666. The van der Waals surface area contributed by atoms with Crippen molar-refractivity contribution in [3.8, 4) is 0 Å². The molecule has 210 valence electrons. The summed E-state index contributed by atoms with van der Waals surface area (Å²) in [6.45, 7) is 4.42. The number of anilines is 3. The van der Waals surface area contributed by atoms with Crippen molar-refractivity contribution in [3.05, 3.63) is 41.3 Å². The molecular weight excluding hydrogens is 508 g/mol. The van der Waals surface area contributed by atoms with E-state index in [-0.39, 0.29) is 18.6 Å². The van der Waals surface area contributed by atoms with Crippen molar-refractivity contribution in [2.45, 2.75) is 76.2 Å². The van der Waals surface area contributed by atoms with Crippen LogP contribution in [0.4, 0.5) is 17.6 Å². The number of carbonyl (C=O) groups is 1. The molecule has 3 saturated heterocycles. The average molecular weight is 545 g/mol. The van der Waals surface area contributed by atoms with Crippen molar-refractivity contribution in [3.63, 3.8) is 0 Å². The number of likely N-dealkylation sites (tertiary alicyclic amines) is 1. The number of β-amino-alcohol motifs (C(OH)–C–C–N with tert-alkyl or cyclic N) is 1. The summed E-state index contributed by atoms with van der Waals surface area (Å²) in [6, 6.07) is 6.67. The highest BCUT2D eigenvalue weighted by atomic mass is 16.3. The number of pyridine rings is 2. The number of carbonyl (C=O) groups excluding carboxylic acids is 1. The predicted octanol–water partition coefficient (Wildman–Crippen LogP) is 2.30. The highest BCUT2D eigenvalue weighted by Crippen LogP contribution is 2.42. The summed E-state index contributed by atoms with van der Waals surface area (Å²) in [5.74, 6) is 2.12. The Bertz CT molecular complexity index is 1430. The summed E-state index contributed by atoms with van der Waals surface area (Å²) in [5.41, 5.74) is 3.46. The van der Waals surface area contributed by atoms with Crippen LogP contribution in [0, 0.1) is 0 Å². The van der Waals surface area contributed by atoms with Crippen LogP contribution in [0.2, 0.25) is 0 Å². The van der Waals surface area contributed by atoms with Gasteiger partial charge in [-0.2, -0.15) is 0 Å². The smallest absolute Gasteiger partial charge is 0.240 e. The average Bonchev–Trinajstić information content (AvgIpc) is 3.55. The maximum Gasteiger partial charge on any atom is 0.240 e. The van der Waals surface area contributed by atoms with Crippen molar-refractivity contribution >= 4 is 34.4 Å². The van der Waals surface area contributed by atoms with E-state index in [0.717, 1.165) is 40.9 Å². The Kier molecular flexibility index (Phi) is 6.52. The summed E-state index contributed by atoms with van der Waals surface area (Å²) in [7, 11) is 0. The van der Waals surface area contributed by atoms with E-state index in [1.54, 1.807) is 13.1 Å². The predicted molar refractivity (Wildman–Crippen MR) is 150 cm³/mol. The number of rotatable bonds is 7. The van der Waals surface area contributed by atoms with Gasteiger partial charge in [-0.1, -0.05) is 6.07 Å². The molecule has 3 aromatic heterocycles. The Morgan fingerprint density at radius 1 is 1.10 bits per heavy atom. The molecule has 2 bridgehead atoms. The van der Waals surface area contributed by atoms with E-state index in [0.29, 0.717) is 55.6 Å². The van der Waals surface area contributed by atoms with E-state index in [1.165, 1.54) is 25.7 Å². The second-order valence-corrected chi connectivity index (χ2v) is 11.5. The van der Waals surface area contributed by atoms with Crippen molar-refractivity contribution < 1.29 is 15.0 Å². The summed E-state index contributed by atoms with van der Waals surface area (Å²) in [6.07, 6.45) is 7.36. The lowest BCUT2D eigenvalue weighted by Gasteiger charge is -2.42. The first-order valence-electron chi connectivity index (χ1n) is 14.5. The van der Waals surface area contributed by atoms with E-state index in [4.69, 9.17) is 15.0 Å². The van der Waals surface area contributed by atoms with Crippen LogP contribution in [-0.4, -0.2) is 90.2 Å². The quantitative estimate of drug-likeness (QED) is 0.407. The number of hydrogen-bond donors (Lipinski definition) is 3. The molecule has 11 nitrogen and oxygen atoms in total. The van der Waals surface area contributed by atoms with Gasteiger partial charge in [-0.15, -0.1) is 0 Å². The maximum absolute atomic E-state index is 13.0. The van der Waals surface area contributed by atoms with E-state index in [2.05, 4.69) is 15.2 Å². The fourth-order valence-corrected chi connectivity index (χ4v) is 6.87. The Morgan fingerprint density at radius 3 is 2.60 bits per heavy atom. The van der Waals surface area contributed by atoms with E-state index < -0.39 is 6.10 Å². The van der Waals surface area contributed by atoms with Crippen molar-refractivity contribution in [1.29, 1.82) is 0 Å². The number of fused-ring (bicyclic) bond motifs is 4. The van der Waals surface area contributed by atoms with Gasteiger partial charge in [0.2, 0.25) is 11.9 Å². The van der Waals surface area contributed by atoms with Crippen LogP contribution in [0.5, 0.6) is 0 Å². The summed E-state index contributed by atoms with van der Waals surface area (Å²) >= 11 is 0. The fraction of sp³-hybridized carbons (Fsp3) is 0.552. The Hall–Kier alpha value is -3.41. The highest BCUT2D eigenvalue weighted by molar-refractivity contribution is 5.90. The molecule has 3 fully saturated rings. The molecule has 3 N–H and O–H groups in total. The van der Waals surface area contributed by atoms with Gasteiger partial charge in [0.1, 0.15) is 11.3 Å². The number of aromatic nitrogens is 4. The molecule has 3 aromatic rings. The van der Waals surface area contributed by atoms with Crippen LogP contribution in [0.1, 0.15) is 62.1 Å². The molecular formula is C29H36N8O3. The standard InChI is InChI=1S/C29H36N8O3/c1-17(39)23-14-19-15-30-29(34-26(19)27(32-23)37-20-3-4-21(37)6-5-20)33-25-7-2-18-16-36(10-8-22(18)31-25)28(40)24-9-11-35(24)12-13-38/h2,7,14-15,17,20-21,24,38-39H,3-6,8-13,16H2,1H3,(H,30,31,33,34)/t17?,20?,21?,24-/m1/s1. The second-order valence-electron chi connectivity index (χ2n) is 11.5. The maximum atomic E-state index is 13.0. The van der Waals surface area contributed by atoms with Gasteiger partial charge < -0.3 is 25.3 Å². The Balaban J connectivity index is 1.11. The molecule has 1 amide bonds. The van der Waals surface area contributed by atoms with Gasteiger partial charge in [0.25, 0.3) is 0 Å². The van der Waals surface area contributed by atoms with E-state index in [1.807, 2.05) is 28.0 Å². The minimum Gasteiger partial charge on any atom is -0.395 e. The number of amides is 1. The third kappa shape index (κ3) is 4.46. The summed E-state index contributed by atoms with van der Waals surface area (Å²) in [4.78, 5) is 38.6. The third-order valence-corrected chi connectivity index (χ3v) is 9.10. The molecule has 0 saturated carbocycles. The van der Waals surface area contributed by atoms with Gasteiger partial charge in [-0.3, -0.25) is 9.69 Å². The molecule has 2 atom stereocenters. The number of nitrogens with one attached hydrogen (secondary N) is 1. The molecule has 0 radical (unpaired) electrons. The van der Waals surface area contributed by atoms with Crippen LogP contribution >= 0.6 is 0 Å². The lowest BCUT2D eigenvalue weighted by molar-refractivity contribution is -0.143. The summed E-state index contributed by atoms with van der Waals surface area (Å²) in [5, 5.41) is 23.7. The second kappa shape index (κ2) is 10.2. The first-order valence-corrected chi connectivity index (χ1v) is 14.5. The third-order valence-electron chi connectivity index (χ3n) is 9.10. The first-order chi connectivity index (χ1) is 19.5. The lowest BCUT2D eigenvalue weighted by atomic mass is 9.99. The Morgan fingerprint density at radius 2 is 1.90 bits per heavy atom. The van der Waals surface area contributed by atoms with Crippen LogP contribution in [0.15, 0.2) is 24.4 Å². The van der Waals surface area contributed by atoms with Gasteiger partial charge in [-0.05, 0) is 56.7 Å². The molecule has 40 heavy (non-hydrogen) atoms. The van der Waals surface area contributed by atoms with E-state index in [9.17, 15) is 15.0 Å². The molecule has 11 heteroatoms. The topological polar surface area (TPSA) is 131 Å². The van der Waals surface area contributed by atoms with Crippen LogP contribution in [0.25, 0.3) is 10.9 Å². The molecule has 4 aliphatic heterocycles. The van der Waals surface area contributed by atoms with Crippen LogP contribution in [0.3, 0.4) is 0 Å². The molecule has 1 unspecified atom stereocenters. The molecule has 0 aromatic carbocycles. The van der Waals surface area contributed by atoms with Crippen molar-refractivity contribution in [2.24, 2.45) is 0 Å². The molecule has 0 aliphatic carbocycles. The zero-order chi connectivity index (χ0) is 27.4. The monoisotopic (exact) mass is 544 g/mol. The van der Waals surface area contributed by atoms with Gasteiger partial charge in [0, 0.05) is 62.0 Å². The Labute approximate surface area is 233 Å². The van der Waals surface area contributed by atoms with E-state index >= 15 is 0 Å². The normalized spacial score (nSPS) is 24.7. The zero-order valence-electron chi connectivity index (χ0n) is 22.8. The summed E-state index contributed by atoms with van der Waals surface area (Å²) < 4.78 is 0. The number of aliphatic hydroxyl groups excluding tert-OH is 2. The van der Waals surface area contributed by atoms with Gasteiger partial charge in [0.05, 0.1) is 24.4 Å². The number of hydrogen-bond acceptors (Lipinski definition) is 10.